The lowest BCUT2D eigenvalue weighted by atomic mass is 9.98. The van der Waals surface area contributed by atoms with Crippen molar-refractivity contribution in [1.29, 1.82) is 0 Å². The summed E-state index contributed by atoms with van der Waals surface area (Å²) >= 11 is 0. The van der Waals surface area contributed by atoms with E-state index in [-0.39, 0.29) is 18.0 Å². The fourth-order valence-electron chi connectivity index (χ4n) is 5.63. The van der Waals surface area contributed by atoms with Crippen LogP contribution in [0.1, 0.15) is 51.9 Å². The van der Waals surface area contributed by atoms with Gasteiger partial charge in [-0.05, 0) is 65.3 Å². The first-order valence-corrected chi connectivity index (χ1v) is 13.5. The van der Waals surface area contributed by atoms with Crippen molar-refractivity contribution in [3.05, 3.63) is 85.2 Å². The van der Waals surface area contributed by atoms with Crippen LogP contribution in [0, 0.1) is 5.92 Å². The number of rotatable bonds is 6. The number of fused-ring (bicyclic) bond motifs is 1. The summed E-state index contributed by atoms with van der Waals surface area (Å²) in [5.41, 5.74) is 6.58. The summed E-state index contributed by atoms with van der Waals surface area (Å²) in [5.74, 6) is 1.46. The number of carbonyl (C=O) groups is 1. The molecule has 3 aromatic carbocycles. The molecule has 0 bridgehead atoms. The molecular weight excluding hydrogens is 470 g/mol. The maximum atomic E-state index is 13.0. The molecule has 6 heteroatoms. The largest absolute Gasteiger partial charge is 0.345 e. The van der Waals surface area contributed by atoms with Crippen LogP contribution < -0.4 is 0 Å². The van der Waals surface area contributed by atoms with E-state index in [1.807, 2.05) is 17.3 Å². The van der Waals surface area contributed by atoms with Gasteiger partial charge in [-0.3, -0.25) is 4.79 Å². The minimum absolute atomic E-state index is 0.0210. The van der Waals surface area contributed by atoms with Crippen LogP contribution in [0.15, 0.2) is 79.4 Å². The number of nitrogens with zero attached hydrogens (tertiary/aromatic N) is 3. The third-order valence-corrected chi connectivity index (χ3v) is 7.63. The fourth-order valence-corrected chi connectivity index (χ4v) is 5.63. The molecule has 0 spiro atoms. The fraction of sp³-hybridized carbons (Fsp3) is 0.281. The Labute approximate surface area is 223 Å². The van der Waals surface area contributed by atoms with E-state index in [4.69, 9.17) is 4.98 Å². The lowest BCUT2D eigenvalue weighted by molar-refractivity contribution is -0.134. The first-order chi connectivity index (χ1) is 18.5. The molecule has 6 nitrogen and oxygen atoms in total. The van der Waals surface area contributed by atoms with E-state index in [0.717, 1.165) is 41.2 Å². The molecule has 2 aromatic heterocycles. The van der Waals surface area contributed by atoms with Crippen molar-refractivity contribution in [3.63, 3.8) is 0 Å². The monoisotopic (exact) mass is 503 g/mol. The summed E-state index contributed by atoms with van der Waals surface area (Å²) in [4.78, 5) is 30.5. The first kappa shape index (κ1) is 24.2. The Bertz CT molecular complexity index is 1570. The minimum atomic E-state index is 0.0210. The van der Waals surface area contributed by atoms with Crippen LogP contribution in [-0.4, -0.2) is 36.8 Å². The number of imidazole rings is 2. The van der Waals surface area contributed by atoms with Crippen LogP contribution in [0.4, 0.5) is 0 Å². The zero-order valence-electron chi connectivity index (χ0n) is 22.1. The predicted molar refractivity (Wildman–Crippen MR) is 152 cm³/mol. The molecule has 1 saturated heterocycles. The number of hydrogen-bond acceptors (Lipinski definition) is 3. The minimum Gasteiger partial charge on any atom is -0.345 e. The van der Waals surface area contributed by atoms with Gasteiger partial charge >= 0.3 is 0 Å². The molecular formula is C32H33N5O. The molecule has 0 unspecified atom stereocenters. The Morgan fingerprint density at radius 1 is 0.895 bits per heavy atom. The van der Waals surface area contributed by atoms with Crippen molar-refractivity contribution in [1.82, 2.24) is 24.8 Å². The maximum Gasteiger partial charge on any atom is 0.223 e. The molecule has 1 amide bonds. The van der Waals surface area contributed by atoms with Crippen LogP contribution in [0.3, 0.4) is 0 Å². The van der Waals surface area contributed by atoms with Crippen LogP contribution in [0.25, 0.3) is 44.4 Å². The predicted octanol–water partition coefficient (Wildman–Crippen LogP) is 7.39. The van der Waals surface area contributed by atoms with Crippen LogP contribution >= 0.6 is 0 Å². The second kappa shape index (κ2) is 9.93. The molecule has 0 radical (unpaired) electrons. The van der Waals surface area contributed by atoms with Gasteiger partial charge in [0, 0.05) is 18.0 Å². The lowest BCUT2D eigenvalue weighted by Crippen LogP contribution is -2.36. The molecule has 2 N–H and O–H groups in total. The molecule has 1 aliphatic rings. The summed E-state index contributed by atoms with van der Waals surface area (Å²) in [6.45, 7) is 6.34. The highest BCUT2D eigenvalue weighted by Crippen LogP contribution is 2.37. The van der Waals surface area contributed by atoms with Gasteiger partial charge in [-0.15, -0.1) is 0 Å². The summed E-state index contributed by atoms with van der Waals surface area (Å²) in [6.07, 6.45) is 7.97. The summed E-state index contributed by atoms with van der Waals surface area (Å²) in [6, 6.07) is 21.9. The number of benzene rings is 3. The van der Waals surface area contributed by atoms with Crippen LogP contribution in [-0.2, 0) is 4.79 Å². The number of nitrogens with one attached hydrogen (secondary N) is 2. The molecule has 0 aliphatic carbocycles. The number of hydrogen-bond donors (Lipinski definition) is 2. The zero-order valence-corrected chi connectivity index (χ0v) is 22.1. The van der Waals surface area contributed by atoms with Gasteiger partial charge in [0.1, 0.15) is 5.82 Å². The summed E-state index contributed by atoms with van der Waals surface area (Å²) in [5, 5.41) is 2.37. The number of aromatic nitrogens is 4. The van der Waals surface area contributed by atoms with E-state index in [1.165, 1.54) is 21.9 Å². The normalized spacial score (nSPS) is 17.5. The van der Waals surface area contributed by atoms with E-state index in [0.29, 0.717) is 12.3 Å². The van der Waals surface area contributed by atoms with Crippen molar-refractivity contribution in [3.8, 4) is 33.6 Å². The quantitative estimate of drug-likeness (QED) is 0.254. The van der Waals surface area contributed by atoms with Gasteiger partial charge in [-0.1, -0.05) is 62.4 Å². The van der Waals surface area contributed by atoms with Crippen LogP contribution in [0.2, 0.25) is 0 Å². The number of aromatic amines is 2. The number of H-pyrrole nitrogens is 2. The van der Waals surface area contributed by atoms with Crippen molar-refractivity contribution < 1.29 is 4.79 Å². The second-order valence-corrected chi connectivity index (χ2v) is 10.8. The average Bonchev–Trinajstić information content (AvgIpc) is 3.69. The van der Waals surface area contributed by atoms with E-state index in [9.17, 15) is 4.79 Å². The summed E-state index contributed by atoms with van der Waals surface area (Å²) < 4.78 is 0. The van der Waals surface area contributed by atoms with Crippen molar-refractivity contribution in [2.45, 2.75) is 52.1 Å². The zero-order chi connectivity index (χ0) is 26.2. The average molecular weight is 504 g/mol. The Hall–Kier alpha value is -4.19. The SMILES string of the molecule is CC(C)CC(=O)N1[C@H](C)CC[C@H]1c1ncc(-c2ccc3cc(-c4ccc(-c5cnc[nH]5)cc4)ccc3c2)[nH]1. The van der Waals surface area contributed by atoms with Gasteiger partial charge in [-0.2, -0.15) is 0 Å². The highest BCUT2D eigenvalue weighted by atomic mass is 16.2. The van der Waals surface area contributed by atoms with Crippen molar-refractivity contribution >= 4 is 16.7 Å². The Morgan fingerprint density at radius 2 is 1.58 bits per heavy atom. The van der Waals surface area contributed by atoms with Gasteiger partial charge in [0.15, 0.2) is 0 Å². The molecule has 1 aliphatic heterocycles. The standard InChI is InChI=1S/C32H33N5O/c1-20(2)14-31(38)37-21(3)4-13-30(37)32-34-18-29(36-32)27-12-11-25-15-24(9-10-26(25)16-27)22-5-7-23(8-6-22)28-17-33-19-35-28/h5-12,15-21,30H,4,13-14H2,1-3H3,(H,33,35)(H,34,36)/t21-,30+/m1/s1. The lowest BCUT2D eigenvalue weighted by Gasteiger charge is -2.28. The Balaban J connectivity index is 1.23. The molecule has 0 saturated carbocycles. The third-order valence-electron chi connectivity index (χ3n) is 7.63. The van der Waals surface area contributed by atoms with Gasteiger partial charge < -0.3 is 14.9 Å². The van der Waals surface area contributed by atoms with Crippen molar-refractivity contribution in [2.24, 2.45) is 5.92 Å². The molecule has 1 fully saturated rings. The third kappa shape index (κ3) is 4.62. The summed E-state index contributed by atoms with van der Waals surface area (Å²) in [7, 11) is 0. The maximum absolute atomic E-state index is 13.0. The number of likely N-dealkylation sites (tertiary alicyclic amines) is 1. The highest BCUT2D eigenvalue weighted by molar-refractivity contribution is 5.90. The molecule has 5 aromatic rings. The van der Waals surface area contributed by atoms with E-state index >= 15 is 0 Å². The molecule has 192 valence electrons. The van der Waals surface area contributed by atoms with E-state index in [2.05, 4.69) is 96.4 Å². The molecule has 2 atom stereocenters. The van der Waals surface area contributed by atoms with Crippen molar-refractivity contribution in [2.75, 3.05) is 0 Å². The highest BCUT2D eigenvalue weighted by Gasteiger charge is 2.36. The topological polar surface area (TPSA) is 77.7 Å². The second-order valence-electron chi connectivity index (χ2n) is 10.8. The molecule has 6 rings (SSSR count). The Kier molecular flexibility index (Phi) is 6.32. The van der Waals surface area contributed by atoms with E-state index in [1.54, 1.807) is 6.33 Å². The van der Waals surface area contributed by atoms with Gasteiger partial charge in [-0.25, -0.2) is 9.97 Å². The first-order valence-electron chi connectivity index (χ1n) is 13.5. The van der Waals surface area contributed by atoms with Gasteiger partial charge in [0.25, 0.3) is 0 Å². The number of carbonyl (C=O) groups excluding carboxylic acids is 1. The Morgan fingerprint density at radius 3 is 2.29 bits per heavy atom. The van der Waals surface area contributed by atoms with Gasteiger partial charge in [0.05, 0.1) is 36.2 Å². The van der Waals surface area contributed by atoms with Crippen LogP contribution in [0.5, 0.6) is 0 Å². The molecule has 38 heavy (non-hydrogen) atoms. The van der Waals surface area contributed by atoms with E-state index < -0.39 is 0 Å². The smallest absolute Gasteiger partial charge is 0.223 e. The number of amides is 1. The molecule has 3 heterocycles. The van der Waals surface area contributed by atoms with Gasteiger partial charge in [0.2, 0.25) is 5.91 Å².